The van der Waals surface area contributed by atoms with E-state index in [1.807, 2.05) is 0 Å². The van der Waals surface area contributed by atoms with Crippen LogP contribution in [0.25, 0.3) is 0 Å². The standard InChI is InChI=1S/C18H27N3O/c22-18(16-8-10-19-11-9-16)20-17-7-4-12-21(14-17)13-15-5-2-1-3-6-15/h1-3,5-6,16-17,19H,4,7-14H2,(H,20,22). The van der Waals surface area contributed by atoms with Gasteiger partial charge in [-0.05, 0) is 50.9 Å². The van der Waals surface area contributed by atoms with Crippen LogP contribution in [0, 0.1) is 5.92 Å². The molecule has 1 unspecified atom stereocenters. The third-order valence-corrected chi connectivity index (χ3v) is 4.81. The first-order valence-corrected chi connectivity index (χ1v) is 8.58. The van der Waals surface area contributed by atoms with E-state index >= 15 is 0 Å². The lowest BCUT2D eigenvalue weighted by atomic mass is 9.96. The Morgan fingerprint density at radius 1 is 1.18 bits per heavy atom. The first-order valence-electron chi connectivity index (χ1n) is 8.58. The summed E-state index contributed by atoms with van der Waals surface area (Å²) < 4.78 is 0. The molecule has 4 nitrogen and oxygen atoms in total. The molecule has 0 aliphatic carbocycles. The normalized spacial score (nSPS) is 24.1. The largest absolute Gasteiger partial charge is 0.352 e. The molecule has 2 aliphatic rings. The predicted octanol–water partition coefficient (Wildman–Crippen LogP) is 1.77. The van der Waals surface area contributed by atoms with E-state index in [9.17, 15) is 4.79 Å². The monoisotopic (exact) mass is 301 g/mol. The summed E-state index contributed by atoms with van der Waals surface area (Å²) in [5.74, 6) is 0.485. The van der Waals surface area contributed by atoms with Gasteiger partial charge in [-0.15, -0.1) is 0 Å². The molecule has 1 atom stereocenters. The predicted molar refractivity (Wildman–Crippen MR) is 88.5 cm³/mol. The molecular formula is C18H27N3O. The number of nitrogens with zero attached hydrogens (tertiary/aromatic N) is 1. The van der Waals surface area contributed by atoms with Crippen molar-refractivity contribution in [1.29, 1.82) is 0 Å². The van der Waals surface area contributed by atoms with Crippen LogP contribution in [0.3, 0.4) is 0 Å². The van der Waals surface area contributed by atoms with E-state index in [2.05, 4.69) is 45.9 Å². The summed E-state index contributed by atoms with van der Waals surface area (Å²) in [7, 11) is 0. The van der Waals surface area contributed by atoms with Crippen LogP contribution in [0.2, 0.25) is 0 Å². The van der Waals surface area contributed by atoms with Crippen molar-refractivity contribution in [3.63, 3.8) is 0 Å². The van der Waals surface area contributed by atoms with E-state index in [4.69, 9.17) is 0 Å². The second-order valence-corrected chi connectivity index (χ2v) is 6.59. The Labute approximate surface area is 133 Å². The van der Waals surface area contributed by atoms with Crippen molar-refractivity contribution in [2.24, 2.45) is 5.92 Å². The van der Waals surface area contributed by atoms with Crippen molar-refractivity contribution >= 4 is 5.91 Å². The van der Waals surface area contributed by atoms with E-state index in [0.717, 1.165) is 52.0 Å². The molecule has 1 aromatic rings. The molecule has 0 bridgehead atoms. The lowest BCUT2D eigenvalue weighted by molar-refractivity contribution is -0.126. The molecule has 0 aromatic heterocycles. The third kappa shape index (κ3) is 4.31. The number of piperidine rings is 2. The number of rotatable bonds is 4. The minimum Gasteiger partial charge on any atom is -0.352 e. The second kappa shape index (κ2) is 7.75. The fourth-order valence-electron chi connectivity index (χ4n) is 3.56. The molecule has 3 rings (SSSR count). The van der Waals surface area contributed by atoms with Gasteiger partial charge in [-0.25, -0.2) is 0 Å². The van der Waals surface area contributed by atoms with E-state index < -0.39 is 0 Å². The first-order chi connectivity index (χ1) is 10.8. The zero-order valence-electron chi connectivity index (χ0n) is 13.3. The number of amides is 1. The molecule has 4 heteroatoms. The summed E-state index contributed by atoms with van der Waals surface area (Å²) in [6, 6.07) is 10.9. The molecule has 0 saturated carbocycles. The Hall–Kier alpha value is -1.39. The van der Waals surface area contributed by atoms with E-state index in [-0.39, 0.29) is 11.8 Å². The fraction of sp³-hybridized carbons (Fsp3) is 0.611. The fourth-order valence-corrected chi connectivity index (χ4v) is 3.56. The molecule has 0 radical (unpaired) electrons. The van der Waals surface area contributed by atoms with E-state index in [1.54, 1.807) is 0 Å². The average Bonchev–Trinajstić information content (AvgIpc) is 2.57. The summed E-state index contributed by atoms with van der Waals surface area (Å²) in [4.78, 5) is 14.8. The molecule has 120 valence electrons. The van der Waals surface area contributed by atoms with Gasteiger partial charge in [0.15, 0.2) is 0 Å². The van der Waals surface area contributed by atoms with Gasteiger partial charge in [0.25, 0.3) is 0 Å². The number of carbonyl (C=O) groups is 1. The molecule has 1 amide bonds. The van der Waals surface area contributed by atoms with Crippen molar-refractivity contribution in [3.8, 4) is 0 Å². The number of likely N-dealkylation sites (tertiary alicyclic amines) is 1. The maximum absolute atomic E-state index is 12.4. The van der Waals surface area contributed by atoms with Gasteiger partial charge in [-0.2, -0.15) is 0 Å². The van der Waals surface area contributed by atoms with E-state index in [1.165, 1.54) is 12.0 Å². The molecule has 2 saturated heterocycles. The Bertz CT molecular complexity index is 470. The van der Waals surface area contributed by atoms with Crippen molar-refractivity contribution in [1.82, 2.24) is 15.5 Å². The lowest BCUT2D eigenvalue weighted by Crippen LogP contribution is -2.49. The highest BCUT2D eigenvalue weighted by Gasteiger charge is 2.26. The van der Waals surface area contributed by atoms with Gasteiger partial charge in [0.05, 0.1) is 0 Å². The second-order valence-electron chi connectivity index (χ2n) is 6.59. The highest BCUT2D eigenvalue weighted by molar-refractivity contribution is 5.79. The smallest absolute Gasteiger partial charge is 0.223 e. The number of hydrogen-bond acceptors (Lipinski definition) is 3. The van der Waals surface area contributed by atoms with Crippen LogP contribution in [-0.2, 0) is 11.3 Å². The zero-order valence-corrected chi connectivity index (χ0v) is 13.3. The molecule has 2 aliphatic heterocycles. The summed E-state index contributed by atoms with van der Waals surface area (Å²) in [5, 5.41) is 6.62. The Balaban J connectivity index is 1.48. The number of nitrogens with one attached hydrogen (secondary N) is 2. The molecule has 2 fully saturated rings. The van der Waals surface area contributed by atoms with Crippen LogP contribution in [-0.4, -0.2) is 43.0 Å². The maximum atomic E-state index is 12.4. The van der Waals surface area contributed by atoms with Crippen molar-refractivity contribution in [3.05, 3.63) is 35.9 Å². The summed E-state index contributed by atoms with van der Waals surface area (Å²) in [6.45, 7) is 5.05. The minimum atomic E-state index is 0.214. The number of hydrogen-bond donors (Lipinski definition) is 2. The van der Waals surface area contributed by atoms with Crippen molar-refractivity contribution in [2.45, 2.75) is 38.3 Å². The minimum absolute atomic E-state index is 0.214. The van der Waals surface area contributed by atoms with Crippen LogP contribution in [0.15, 0.2) is 30.3 Å². The van der Waals surface area contributed by atoms with E-state index in [0.29, 0.717) is 6.04 Å². The first kappa shape index (κ1) is 15.5. The van der Waals surface area contributed by atoms with Crippen LogP contribution in [0.1, 0.15) is 31.2 Å². The number of carbonyl (C=O) groups excluding carboxylic acids is 1. The summed E-state index contributed by atoms with van der Waals surface area (Å²) in [6.07, 6.45) is 4.24. The Morgan fingerprint density at radius 3 is 2.73 bits per heavy atom. The lowest BCUT2D eigenvalue weighted by Gasteiger charge is -2.34. The highest BCUT2D eigenvalue weighted by Crippen LogP contribution is 2.16. The van der Waals surface area contributed by atoms with Gasteiger partial charge in [-0.1, -0.05) is 30.3 Å². The summed E-state index contributed by atoms with van der Waals surface area (Å²) >= 11 is 0. The zero-order chi connectivity index (χ0) is 15.2. The number of benzene rings is 1. The molecule has 2 heterocycles. The molecule has 2 N–H and O–H groups in total. The molecule has 1 aromatic carbocycles. The Kier molecular flexibility index (Phi) is 5.46. The topological polar surface area (TPSA) is 44.4 Å². The average molecular weight is 301 g/mol. The highest BCUT2D eigenvalue weighted by atomic mass is 16.2. The van der Waals surface area contributed by atoms with Gasteiger partial charge in [-0.3, -0.25) is 9.69 Å². The SMILES string of the molecule is O=C(NC1CCCN(Cc2ccccc2)C1)C1CCNCC1. The van der Waals surface area contributed by atoms with Crippen LogP contribution in [0.4, 0.5) is 0 Å². The molecular weight excluding hydrogens is 274 g/mol. The molecule has 0 spiro atoms. The van der Waals surface area contributed by atoms with Gasteiger partial charge in [0.1, 0.15) is 0 Å². The van der Waals surface area contributed by atoms with Crippen molar-refractivity contribution in [2.75, 3.05) is 26.2 Å². The van der Waals surface area contributed by atoms with Crippen LogP contribution < -0.4 is 10.6 Å². The summed E-state index contributed by atoms with van der Waals surface area (Å²) in [5.41, 5.74) is 1.35. The van der Waals surface area contributed by atoms with Crippen molar-refractivity contribution < 1.29 is 4.79 Å². The van der Waals surface area contributed by atoms with Gasteiger partial charge < -0.3 is 10.6 Å². The van der Waals surface area contributed by atoms with Gasteiger partial charge in [0.2, 0.25) is 5.91 Å². The third-order valence-electron chi connectivity index (χ3n) is 4.81. The molecule has 22 heavy (non-hydrogen) atoms. The van der Waals surface area contributed by atoms with Gasteiger partial charge >= 0.3 is 0 Å². The Morgan fingerprint density at radius 2 is 1.95 bits per heavy atom. The quantitative estimate of drug-likeness (QED) is 0.891. The van der Waals surface area contributed by atoms with Gasteiger partial charge in [0, 0.05) is 25.0 Å². The van der Waals surface area contributed by atoms with Crippen LogP contribution in [0.5, 0.6) is 0 Å². The van der Waals surface area contributed by atoms with Crippen LogP contribution >= 0.6 is 0 Å². The maximum Gasteiger partial charge on any atom is 0.223 e.